The predicted octanol–water partition coefficient (Wildman–Crippen LogP) is 2.78. The van der Waals surface area contributed by atoms with Crippen molar-refractivity contribution in [3.05, 3.63) is 52.7 Å². The summed E-state index contributed by atoms with van der Waals surface area (Å²) in [5.74, 6) is 0.515. The van der Waals surface area contributed by atoms with Crippen LogP contribution in [0.15, 0.2) is 41.5 Å². The van der Waals surface area contributed by atoms with E-state index in [1.807, 2.05) is 31.5 Å². The van der Waals surface area contributed by atoms with Gasteiger partial charge in [-0.25, -0.2) is 4.79 Å². The smallest absolute Gasteiger partial charge is 0.299 e. The highest BCUT2D eigenvalue weighted by Crippen LogP contribution is 2.15. The molecular weight excluding hydrogens is 212 g/mol. The summed E-state index contributed by atoms with van der Waals surface area (Å²) in [6.07, 6.45) is 3.63. The Kier molecular flexibility index (Phi) is 3.18. The predicted molar refractivity (Wildman–Crippen MR) is 69.8 cm³/mol. The first-order chi connectivity index (χ1) is 8.13. The Labute approximate surface area is 101 Å². The number of rotatable bonds is 3. The fourth-order valence-electron chi connectivity index (χ4n) is 1.87. The third-order valence-electron chi connectivity index (χ3n) is 3.03. The number of aryl methyl sites for hydroxylation is 1. The lowest BCUT2D eigenvalue weighted by Gasteiger charge is -2.06. The van der Waals surface area contributed by atoms with E-state index in [-0.39, 0.29) is 5.69 Å². The summed E-state index contributed by atoms with van der Waals surface area (Å²) in [6, 6.07) is 8.15. The number of nitrogens with zero attached hydrogens (tertiary/aromatic N) is 2. The fourth-order valence-corrected chi connectivity index (χ4v) is 1.87. The molecule has 3 heteroatoms. The van der Waals surface area contributed by atoms with Crippen LogP contribution in [0.3, 0.4) is 0 Å². The molecule has 0 unspecified atom stereocenters. The van der Waals surface area contributed by atoms with Crippen molar-refractivity contribution < 1.29 is 0 Å². The Hall–Kier alpha value is -1.77. The third kappa shape index (κ3) is 2.18. The Morgan fingerprint density at radius 1 is 1.12 bits per heavy atom. The van der Waals surface area contributed by atoms with E-state index < -0.39 is 0 Å². The first-order valence-electron chi connectivity index (χ1n) is 6.01. The van der Waals surface area contributed by atoms with Gasteiger partial charge in [-0.1, -0.05) is 26.0 Å². The first kappa shape index (κ1) is 11.7. The zero-order valence-electron chi connectivity index (χ0n) is 10.6. The van der Waals surface area contributed by atoms with Crippen LogP contribution in [-0.4, -0.2) is 9.13 Å². The third-order valence-corrected chi connectivity index (χ3v) is 3.03. The van der Waals surface area contributed by atoms with Gasteiger partial charge in [0.1, 0.15) is 0 Å². The molecule has 0 N–H and O–H groups in total. The Balaban J connectivity index is 2.40. The van der Waals surface area contributed by atoms with Gasteiger partial charge in [0.05, 0.1) is 5.69 Å². The second-order valence-corrected chi connectivity index (χ2v) is 4.48. The van der Waals surface area contributed by atoms with Gasteiger partial charge in [-0.2, -0.15) is 0 Å². The molecule has 1 aromatic carbocycles. The van der Waals surface area contributed by atoms with Gasteiger partial charge < -0.3 is 0 Å². The van der Waals surface area contributed by atoms with Crippen LogP contribution in [0.4, 0.5) is 0 Å². The highest BCUT2D eigenvalue weighted by Gasteiger charge is 2.04. The molecule has 0 atom stereocenters. The van der Waals surface area contributed by atoms with Crippen LogP contribution in [0.5, 0.6) is 0 Å². The van der Waals surface area contributed by atoms with Crippen molar-refractivity contribution in [2.45, 2.75) is 33.2 Å². The lowest BCUT2D eigenvalue weighted by Crippen LogP contribution is -2.22. The van der Waals surface area contributed by atoms with E-state index in [9.17, 15) is 4.79 Å². The van der Waals surface area contributed by atoms with Crippen molar-refractivity contribution >= 4 is 0 Å². The van der Waals surface area contributed by atoms with E-state index in [1.54, 1.807) is 9.13 Å². The highest BCUT2D eigenvalue weighted by molar-refractivity contribution is 5.35. The van der Waals surface area contributed by atoms with Crippen molar-refractivity contribution in [2.75, 3.05) is 0 Å². The molecule has 3 nitrogen and oxygen atoms in total. The quantitative estimate of drug-likeness (QED) is 0.796. The first-order valence-corrected chi connectivity index (χ1v) is 6.01. The minimum Gasteiger partial charge on any atom is -0.299 e. The molecule has 0 fully saturated rings. The summed E-state index contributed by atoms with van der Waals surface area (Å²) in [5, 5.41) is 0. The van der Waals surface area contributed by atoms with Crippen molar-refractivity contribution in [2.24, 2.45) is 0 Å². The van der Waals surface area contributed by atoms with Crippen molar-refractivity contribution in [3.8, 4) is 5.69 Å². The Morgan fingerprint density at radius 2 is 1.76 bits per heavy atom. The molecule has 0 saturated heterocycles. The summed E-state index contributed by atoms with van der Waals surface area (Å²) >= 11 is 0. The topological polar surface area (TPSA) is 26.9 Å². The van der Waals surface area contributed by atoms with E-state index in [0.29, 0.717) is 12.5 Å². The molecule has 0 bridgehead atoms. The molecule has 0 spiro atoms. The SMILES string of the molecule is CCn1ccn(-c2ccc(C(C)C)cc2)c1=O. The largest absolute Gasteiger partial charge is 0.332 e. The molecule has 0 saturated carbocycles. The van der Waals surface area contributed by atoms with Gasteiger partial charge in [0.15, 0.2) is 0 Å². The van der Waals surface area contributed by atoms with Crippen molar-refractivity contribution in [1.29, 1.82) is 0 Å². The Bertz CT molecular complexity index is 546. The van der Waals surface area contributed by atoms with Crippen LogP contribution in [0.25, 0.3) is 5.69 Å². The summed E-state index contributed by atoms with van der Waals surface area (Å²) in [7, 11) is 0. The molecule has 0 radical (unpaired) electrons. The fraction of sp³-hybridized carbons (Fsp3) is 0.357. The molecule has 90 valence electrons. The molecule has 2 rings (SSSR count). The molecule has 0 aliphatic carbocycles. The van der Waals surface area contributed by atoms with Crippen LogP contribution in [0.2, 0.25) is 0 Å². The van der Waals surface area contributed by atoms with Crippen molar-refractivity contribution in [1.82, 2.24) is 9.13 Å². The van der Waals surface area contributed by atoms with Crippen LogP contribution >= 0.6 is 0 Å². The minimum absolute atomic E-state index is 0.0183. The van der Waals surface area contributed by atoms with Gasteiger partial charge >= 0.3 is 5.69 Å². The van der Waals surface area contributed by atoms with Gasteiger partial charge in [-0.3, -0.25) is 9.13 Å². The average molecular weight is 230 g/mol. The molecule has 1 heterocycles. The number of imidazole rings is 1. The van der Waals surface area contributed by atoms with Crippen LogP contribution in [-0.2, 0) is 6.54 Å². The number of hydrogen-bond donors (Lipinski definition) is 0. The van der Waals surface area contributed by atoms with E-state index in [1.165, 1.54) is 5.56 Å². The number of hydrogen-bond acceptors (Lipinski definition) is 1. The van der Waals surface area contributed by atoms with E-state index in [0.717, 1.165) is 5.69 Å². The molecular formula is C14H18N2O. The highest BCUT2D eigenvalue weighted by atomic mass is 16.1. The van der Waals surface area contributed by atoms with Crippen LogP contribution in [0, 0.1) is 0 Å². The zero-order valence-corrected chi connectivity index (χ0v) is 10.6. The summed E-state index contributed by atoms with van der Waals surface area (Å²) < 4.78 is 3.37. The summed E-state index contributed by atoms with van der Waals surface area (Å²) in [4.78, 5) is 11.9. The second-order valence-electron chi connectivity index (χ2n) is 4.48. The molecule has 0 aliphatic rings. The lowest BCUT2D eigenvalue weighted by atomic mass is 10.0. The van der Waals surface area contributed by atoms with Crippen LogP contribution in [0.1, 0.15) is 32.3 Å². The maximum absolute atomic E-state index is 11.9. The normalized spacial score (nSPS) is 11.1. The Morgan fingerprint density at radius 3 is 2.24 bits per heavy atom. The maximum atomic E-state index is 11.9. The van der Waals surface area contributed by atoms with Gasteiger partial charge in [0, 0.05) is 18.9 Å². The lowest BCUT2D eigenvalue weighted by molar-refractivity contribution is 0.713. The summed E-state index contributed by atoms with van der Waals surface area (Å²) in [5.41, 5.74) is 2.23. The summed E-state index contributed by atoms with van der Waals surface area (Å²) in [6.45, 7) is 6.99. The second kappa shape index (κ2) is 4.62. The van der Waals surface area contributed by atoms with Crippen molar-refractivity contribution in [3.63, 3.8) is 0 Å². The van der Waals surface area contributed by atoms with Gasteiger partial charge in [-0.15, -0.1) is 0 Å². The van der Waals surface area contributed by atoms with Gasteiger partial charge in [0.25, 0.3) is 0 Å². The van der Waals surface area contributed by atoms with Gasteiger partial charge in [-0.05, 0) is 30.5 Å². The minimum atomic E-state index is 0.0183. The molecule has 17 heavy (non-hydrogen) atoms. The van der Waals surface area contributed by atoms with E-state index >= 15 is 0 Å². The monoisotopic (exact) mass is 230 g/mol. The van der Waals surface area contributed by atoms with Gasteiger partial charge in [0.2, 0.25) is 0 Å². The van der Waals surface area contributed by atoms with E-state index in [2.05, 4.69) is 26.0 Å². The molecule has 1 aromatic heterocycles. The maximum Gasteiger partial charge on any atom is 0.332 e. The zero-order chi connectivity index (χ0) is 12.4. The van der Waals surface area contributed by atoms with Crippen LogP contribution < -0.4 is 5.69 Å². The molecule has 2 aromatic rings. The van der Waals surface area contributed by atoms with E-state index in [4.69, 9.17) is 0 Å². The standard InChI is InChI=1S/C14H18N2O/c1-4-15-9-10-16(14(15)17)13-7-5-12(6-8-13)11(2)3/h5-11H,4H2,1-3H3. The number of aromatic nitrogens is 2. The number of benzene rings is 1. The average Bonchev–Trinajstić information content (AvgIpc) is 2.70. The molecule has 0 aliphatic heterocycles. The molecule has 0 amide bonds.